The highest BCUT2D eigenvalue weighted by Gasteiger charge is 2.11. The van der Waals surface area contributed by atoms with Gasteiger partial charge in [-0.2, -0.15) is 0 Å². The van der Waals surface area contributed by atoms with Crippen LogP contribution in [0.15, 0.2) is 162 Å². The van der Waals surface area contributed by atoms with Crippen molar-refractivity contribution in [2.45, 2.75) is 34.1 Å². The Kier molecular flexibility index (Phi) is 13.3. The van der Waals surface area contributed by atoms with Crippen LogP contribution in [-0.4, -0.2) is 36.7 Å². The molecule has 2 amide bonds. The maximum absolute atomic E-state index is 13.0. The Labute approximate surface area is 386 Å². The van der Waals surface area contributed by atoms with Gasteiger partial charge in [0.15, 0.2) is 0 Å². The third-order valence-corrected chi connectivity index (χ3v) is 10.8. The molecule has 11 heteroatoms. The number of aryl methyl sites for hydroxylation is 4. The van der Waals surface area contributed by atoms with Gasteiger partial charge in [-0.05, 0) is 146 Å². The van der Waals surface area contributed by atoms with E-state index in [2.05, 4.69) is 65.3 Å². The molecule has 326 valence electrons. The highest BCUT2D eigenvalue weighted by atomic mass is 16.2. The van der Waals surface area contributed by atoms with E-state index in [9.17, 15) is 19.2 Å². The Morgan fingerprint density at radius 1 is 0.537 bits per heavy atom. The first-order chi connectivity index (χ1) is 32.4. The normalized spacial score (nSPS) is 10.4. The molecular formula is C56H43N7O4. The molecule has 0 aliphatic heterocycles. The second-order valence-corrected chi connectivity index (χ2v) is 16.0. The molecule has 0 atom stereocenters. The molecule has 67 heavy (non-hydrogen) atoms. The number of nitrogens with zero attached hydrogens (tertiary/aromatic N) is 3. The quantitative estimate of drug-likeness (QED) is 0.121. The first-order valence-corrected chi connectivity index (χ1v) is 21.3. The van der Waals surface area contributed by atoms with Gasteiger partial charge in [-0.3, -0.25) is 24.2 Å². The lowest BCUT2D eigenvalue weighted by Gasteiger charge is -2.11. The molecule has 0 saturated carbocycles. The SMILES string of the molecule is Cc1ccc(C(=O)Nc2ccc(Cc3cccnc3)c(C)c2)cc1C#Cc1cnc2[nH]c(=O)ccc2c1.Cc1cccc(NC(=O)c2ccc(C)c(C#Cc3cnc4[nH]c(=O)ccc4c3)c2)c1. The molecule has 0 bridgehead atoms. The lowest BCUT2D eigenvalue weighted by Crippen LogP contribution is -2.12. The first-order valence-electron chi connectivity index (χ1n) is 21.3. The highest BCUT2D eigenvalue weighted by Crippen LogP contribution is 2.21. The van der Waals surface area contributed by atoms with Crippen LogP contribution >= 0.6 is 0 Å². The molecule has 0 unspecified atom stereocenters. The third-order valence-electron chi connectivity index (χ3n) is 10.8. The minimum Gasteiger partial charge on any atom is -0.322 e. The summed E-state index contributed by atoms with van der Waals surface area (Å²) < 4.78 is 0. The molecule has 0 saturated heterocycles. The van der Waals surface area contributed by atoms with E-state index < -0.39 is 0 Å². The second kappa shape index (κ2) is 20.1. The lowest BCUT2D eigenvalue weighted by molar-refractivity contribution is 0.101. The van der Waals surface area contributed by atoms with Crippen molar-refractivity contribution >= 4 is 45.3 Å². The average Bonchev–Trinajstić information content (AvgIpc) is 3.32. The Balaban J connectivity index is 0.000000186. The third kappa shape index (κ3) is 11.5. The molecule has 0 spiro atoms. The van der Waals surface area contributed by atoms with Crippen LogP contribution in [0, 0.1) is 51.4 Å². The smallest absolute Gasteiger partial charge is 0.255 e. The number of benzene rings is 4. The van der Waals surface area contributed by atoms with Crippen molar-refractivity contribution in [3.05, 3.63) is 240 Å². The summed E-state index contributed by atoms with van der Waals surface area (Å²) in [7, 11) is 0. The predicted molar refractivity (Wildman–Crippen MR) is 264 cm³/mol. The zero-order chi connectivity index (χ0) is 46.9. The topological polar surface area (TPSA) is 163 Å². The van der Waals surface area contributed by atoms with Crippen LogP contribution in [0.4, 0.5) is 11.4 Å². The minimum absolute atomic E-state index is 0.181. The molecule has 11 nitrogen and oxygen atoms in total. The summed E-state index contributed by atoms with van der Waals surface area (Å²) >= 11 is 0. The van der Waals surface area contributed by atoms with Crippen LogP contribution in [-0.2, 0) is 6.42 Å². The van der Waals surface area contributed by atoms with E-state index in [4.69, 9.17) is 0 Å². The summed E-state index contributed by atoms with van der Waals surface area (Å²) in [6, 6.07) is 38.7. The second-order valence-electron chi connectivity index (χ2n) is 16.0. The van der Waals surface area contributed by atoms with Gasteiger partial charge < -0.3 is 20.6 Å². The Bertz CT molecular complexity index is 3610. The number of amides is 2. The van der Waals surface area contributed by atoms with Gasteiger partial charge in [-0.1, -0.05) is 60.1 Å². The molecule has 0 aliphatic rings. The molecule has 5 heterocycles. The largest absolute Gasteiger partial charge is 0.322 e. The van der Waals surface area contributed by atoms with Crippen molar-refractivity contribution in [3.63, 3.8) is 0 Å². The van der Waals surface area contributed by atoms with Crippen molar-refractivity contribution < 1.29 is 9.59 Å². The number of aromatic nitrogens is 5. The Hall–Kier alpha value is -9.19. The van der Waals surface area contributed by atoms with Crippen LogP contribution in [0.3, 0.4) is 0 Å². The van der Waals surface area contributed by atoms with Gasteiger partial charge in [0, 0.05) is 92.4 Å². The van der Waals surface area contributed by atoms with Crippen molar-refractivity contribution in [3.8, 4) is 23.7 Å². The fourth-order valence-corrected chi connectivity index (χ4v) is 7.11. The predicted octanol–water partition coefficient (Wildman–Crippen LogP) is 9.37. The minimum atomic E-state index is -0.196. The lowest BCUT2D eigenvalue weighted by atomic mass is 10.0. The van der Waals surface area contributed by atoms with Gasteiger partial charge >= 0.3 is 0 Å². The van der Waals surface area contributed by atoms with Crippen molar-refractivity contribution in [2.24, 2.45) is 0 Å². The molecule has 0 fully saturated rings. The van der Waals surface area contributed by atoms with Crippen LogP contribution in [0.25, 0.3) is 22.1 Å². The molecule has 0 aliphatic carbocycles. The molecule has 4 aromatic carbocycles. The van der Waals surface area contributed by atoms with Gasteiger partial charge in [0.25, 0.3) is 11.8 Å². The molecular weight excluding hydrogens is 835 g/mol. The number of hydrogen-bond donors (Lipinski definition) is 4. The first kappa shape index (κ1) is 44.4. The summed E-state index contributed by atoms with van der Waals surface area (Å²) in [6.07, 6.45) is 7.66. The standard InChI is InChI=1S/C31H24N4O2.C25H19N3O2/c1-20-5-7-27(17-25(20)8-6-23-16-26-10-12-29(36)35-30(26)33-19-23)31(37)34-28-11-9-24(21(2)14-28)15-22-4-3-13-32-18-22;1-16-4-3-5-22(12-16)27-25(30)21-8-6-17(2)19(14-21)9-7-18-13-20-10-11-23(29)28-24(20)26-15-18/h3-5,7,9-14,16-19H,15H2,1-2H3,(H,34,37)(H,33,35,36);3-6,8,10-15H,1-2H3,(H,27,30)(H,26,28,29). The number of H-pyrrole nitrogens is 2. The number of fused-ring (bicyclic) bond motifs is 2. The van der Waals surface area contributed by atoms with Crippen molar-refractivity contribution in [2.75, 3.05) is 10.6 Å². The van der Waals surface area contributed by atoms with Gasteiger partial charge in [0.05, 0.1) is 0 Å². The number of pyridine rings is 5. The number of anilines is 2. The van der Waals surface area contributed by atoms with Gasteiger partial charge in [-0.15, -0.1) is 0 Å². The number of aromatic amines is 2. The van der Waals surface area contributed by atoms with E-state index in [1.807, 2.05) is 107 Å². The molecule has 4 N–H and O–H groups in total. The summed E-state index contributed by atoms with van der Waals surface area (Å²) in [5, 5.41) is 7.53. The summed E-state index contributed by atoms with van der Waals surface area (Å²) in [6.45, 7) is 7.93. The van der Waals surface area contributed by atoms with Crippen LogP contribution < -0.4 is 21.8 Å². The monoisotopic (exact) mass is 877 g/mol. The summed E-state index contributed by atoms with van der Waals surface area (Å²) in [5.41, 5.74) is 12.7. The van der Waals surface area contributed by atoms with E-state index in [-0.39, 0.29) is 22.9 Å². The number of rotatable bonds is 6. The summed E-state index contributed by atoms with van der Waals surface area (Å²) in [4.78, 5) is 66.6. The molecule has 0 radical (unpaired) electrons. The van der Waals surface area contributed by atoms with E-state index in [1.54, 1.807) is 55.0 Å². The molecule has 9 rings (SSSR count). The maximum atomic E-state index is 13.0. The van der Waals surface area contributed by atoms with Crippen molar-refractivity contribution in [1.29, 1.82) is 0 Å². The van der Waals surface area contributed by atoms with Gasteiger partial charge in [0.1, 0.15) is 11.3 Å². The van der Waals surface area contributed by atoms with E-state index in [0.717, 1.165) is 78.6 Å². The molecule has 9 aromatic rings. The van der Waals surface area contributed by atoms with E-state index in [1.165, 1.54) is 17.7 Å². The number of nitrogens with one attached hydrogen (secondary N) is 4. The zero-order valence-corrected chi connectivity index (χ0v) is 37.1. The van der Waals surface area contributed by atoms with Gasteiger partial charge in [-0.25, -0.2) is 9.97 Å². The number of carbonyl (C=O) groups is 2. The van der Waals surface area contributed by atoms with Crippen LogP contribution in [0.5, 0.6) is 0 Å². The Morgan fingerprint density at radius 2 is 1.10 bits per heavy atom. The van der Waals surface area contributed by atoms with Gasteiger partial charge in [0.2, 0.25) is 11.1 Å². The number of hydrogen-bond acceptors (Lipinski definition) is 7. The molecule has 5 aromatic heterocycles. The van der Waals surface area contributed by atoms with Crippen molar-refractivity contribution in [1.82, 2.24) is 24.9 Å². The fraction of sp³-hybridized carbons (Fsp3) is 0.0893. The summed E-state index contributed by atoms with van der Waals surface area (Å²) in [5.74, 6) is 12.1. The number of carbonyl (C=O) groups excluding carboxylic acids is 2. The Morgan fingerprint density at radius 3 is 1.63 bits per heavy atom. The van der Waals surface area contributed by atoms with E-state index >= 15 is 0 Å². The maximum Gasteiger partial charge on any atom is 0.255 e. The zero-order valence-electron chi connectivity index (χ0n) is 37.1. The highest BCUT2D eigenvalue weighted by molar-refractivity contribution is 6.05. The van der Waals surface area contributed by atoms with Crippen LogP contribution in [0.2, 0.25) is 0 Å². The van der Waals surface area contributed by atoms with E-state index in [0.29, 0.717) is 22.4 Å². The fourth-order valence-electron chi connectivity index (χ4n) is 7.11. The van der Waals surface area contributed by atoms with Crippen LogP contribution in [0.1, 0.15) is 76.4 Å². The average molecular weight is 878 g/mol.